The number of nitrogens with zero attached hydrogens (tertiary/aromatic N) is 5. The summed E-state index contributed by atoms with van der Waals surface area (Å²) in [5.74, 6) is 0.965. The zero-order valence-electron chi connectivity index (χ0n) is 13.0. The van der Waals surface area contributed by atoms with Gasteiger partial charge in [-0.2, -0.15) is 4.98 Å². The summed E-state index contributed by atoms with van der Waals surface area (Å²) in [6.07, 6.45) is 5.38. The number of hydrogen-bond acceptors (Lipinski definition) is 8. The van der Waals surface area contributed by atoms with E-state index in [0.29, 0.717) is 36.4 Å². The first-order chi connectivity index (χ1) is 11.7. The highest BCUT2D eigenvalue weighted by Crippen LogP contribution is 2.15. The minimum atomic E-state index is -0.0696. The average Bonchev–Trinajstić information content (AvgIpc) is 3.26. The molecule has 0 aromatic carbocycles. The van der Waals surface area contributed by atoms with Crippen LogP contribution in [0.2, 0.25) is 0 Å². The van der Waals surface area contributed by atoms with Crippen molar-refractivity contribution in [3.8, 4) is 11.4 Å². The molecule has 9 heteroatoms. The van der Waals surface area contributed by atoms with Crippen LogP contribution in [0.1, 0.15) is 12.3 Å². The third-order valence-corrected chi connectivity index (χ3v) is 3.90. The number of pyridine rings is 1. The van der Waals surface area contributed by atoms with Gasteiger partial charge in [-0.25, -0.2) is 4.98 Å². The molecular formula is C15H16N6O2S. The van der Waals surface area contributed by atoms with Gasteiger partial charge in [0.15, 0.2) is 5.13 Å². The molecule has 3 heterocycles. The number of rotatable bonds is 7. The van der Waals surface area contributed by atoms with E-state index in [2.05, 4.69) is 25.4 Å². The van der Waals surface area contributed by atoms with E-state index in [-0.39, 0.29) is 5.91 Å². The number of amides is 1. The van der Waals surface area contributed by atoms with Crippen molar-refractivity contribution in [2.75, 3.05) is 18.9 Å². The third kappa shape index (κ3) is 4.43. The molecule has 0 saturated carbocycles. The smallest absolute Gasteiger partial charge is 0.241 e. The molecule has 3 rings (SSSR count). The van der Waals surface area contributed by atoms with E-state index in [1.165, 1.54) is 11.3 Å². The molecule has 0 aliphatic carbocycles. The van der Waals surface area contributed by atoms with E-state index < -0.39 is 0 Å². The lowest BCUT2D eigenvalue weighted by atomic mass is 10.2. The predicted molar refractivity (Wildman–Crippen MR) is 89.2 cm³/mol. The molecule has 0 aliphatic heterocycles. The second-order valence-electron chi connectivity index (χ2n) is 5.12. The molecule has 0 saturated heterocycles. The Hall–Kier alpha value is -2.65. The Morgan fingerprint density at radius 1 is 1.33 bits per heavy atom. The van der Waals surface area contributed by atoms with Crippen LogP contribution >= 0.6 is 11.3 Å². The van der Waals surface area contributed by atoms with E-state index in [9.17, 15) is 4.79 Å². The van der Waals surface area contributed by atoms with Crippen molar-refractivity contribution in [2.24, 2.45) is 0 Å². The lowest BCUT2D eigenvalue weighted by Gasteiger charge is -2.13. The Labute approximate surface area is 142 Å². The summed E-state index contributed by atoms with van der Waals surface area (Å²) in [6, 6.07) is 3.64. The summed E-state index contributed by atoms with van der Waals surface area (Å²) in [5.41, 5.74) is 0.852. The van der Waals surface area contributed by atoms with Crippen molar-refractivity contribution in [3.63, 3.8) is 0 Å². The number of thiazole rings is 1. The Morgan fingerprint density at radius 3 is 2.92 bits per heavy atom. The molecule has 1 N–H and O–H groups in total. The van der Waals surface area contributed by atoms with Gasteiger partial charge in [0.05, 0.1) is 6.54 Å². The molecule has 3 aromatic heterocycles. The molecule has 0 fully saturated rings. The van der Waals surface area contributed by atoms with Crippen molar-refractivity contribution in [2.45, 2.75) is 13.0 Å². The first-order valence-corrected chi connectivity index (χ1v) is 8.19. The quantitative estimate of drug-likeness (QED) is 0.700. The molecule has 0 unspecified atom stereocenters. The molecule has 0 atom stereocenters. The van der Waals surface area contributed by atoms with E-state index in [4.69, 9.17) is 4.52 Å². The molecule has 3 aromatic rings. The average molecular weight is 344 g/mol. The van der Waals surface area contributed by atoms with Gasteiger partial charge in [-0.3, -0.25) is 14.7 Å². The molecule has 0 radical (unpaired) electrons. The maximum Gasteiger partial charge on any atom is 0.241 e. The van der Waals surface area contributed by atoms with Gasteiger partial charge in [0.1, 0.15) is 0 Å². The van der Waals surface area contributed by atoms with E-state index in [1.54, 1.807) is 18.6 Å². The van der Waals surface area contributed by atoms with E-state index >= 15 is 0 Å². The van der Waals surface area contributed by atoms with Crippen molar-refractivity contribution >= 4 is 22.4 Å². The van der Waals surface area contributed by atoms with Crippen molar-refractivity contribution in [3.05, 3.63) is 42.0 Å². The molecule has 0 aliphatic rings. The minimum Gasteiger partial charge on any atom is -0.338 e. The van der Waals surface area contributed by atoms with Crippen LogP contribution in [0.4, 0.5) is 5.13 Å². The van der Waals surface area contributed by atoms with Crippen LogP contribution in [0.25, 0.3) is 11.4 Å². The molecule has 124 valence electrons. The molecule has 24 heavy (non-hydrogen) atoms. The largest absolute Gasteiger partial charge is 0.338 e. The number of hydrogen-bond donors (Lipinski definition) is 1. The van der Waals surface area contributed by atoms with Crippen molar-refractivity contribution < 1.29 is 9.32 Å². The summed E-state index contributed by atoms with van der Waals surface area (Å²) < 4.78 is 5.25. The first kappa shape index (κ1) is 16.2. The fourth-order valence-corrected chi connectivity index (χ4v) is 2.55. The number of aromatic nitrogens is 4. The fourth-order valence-electron chi connectivity index (χ4n) is 2.01. The number of carbonyl (C=O) groups is 1. The summed E-state index contributed by atoms with van der Waals surface area (Å²) in [7, 11) is 1.90. The lowest BCUT2D eigenvalue weighted by Crippen LogP contribution is -2.24. The van der Waals surface area contributed by atoms with Crippen LogP contribution < -0.4 is 5.32 Å². The van der Waals surface area contributed by atoms with Gasteiger partial charge in [0.25, 0.3) is 0 Å². The van der Waals surface area contributed by atoms with E-state index in [1.807, 2.05) is 29.5 Å². The van der Waals surface area contributed by atoms with Crippen LogP contribution in [0.3, 0.4) is 0 Å². The van der Waals surface area contributed by atoms with Gasteiger partial charge >= 0.3 is 0 Å². The van der Waals surface area contributed by atoms with Crippen molar-refractivity contribution in [1.29, 1.82) is 0 Å². The second-order valence-corrected chi connectivity index (χ2v) is 6.02. The summed E-state index contributed by atoms with van der Waals surface area (Å²) >= 11 is 1.39. The SMILES string of the molecule is CN(CCC(=O)Nc1nccs1)Cc1nc(-c2ccncc2)no1. The second kappa shape index (κ2) is 7.75. The number of nitrogens with one attached hydrogen (secondary N) is 1. The topological polar surface area (TPSA) is 97.0 Å². The summed E-state index contributed by atoms with van der Waals surface area (Å²) in [5, 5.41) is 9.14. The standard InChI is InChI=1S/C15H16N6O2S/c1-21(8-4-12(22)18-15-17-7-9-24-15)10-13-19-14(20-23-13)11-2-5-16-6-3-11/h2-3,5-7,9H,4,8,10H2,1H3,(H,17,18,22). The molecule has 0 bridgehead atoms. The molecular weight excluding hydrogens is 328 g/mol. The zero-order chi connectivity index (χ0) is 16.8. The minimum absolute atomic E-state index is 0.0696. The van der Waals surface area contributed by atoms with E-state index in [0.717, 1.165) is 5.56 Å². The zero-order valence-corrected chi connectivity index (χ0v) is 13.9. The van der Waals surface area contributed by atoms with Gasteiger partial charge < -0.3 is 9.84 Å². The number of carbonyl (C=O) groups excluding carboxylic acids is 1. The van der Waals surface area contributed by atoms with Gasteiger partial charge in [-0.05, 0) is 19.2 Å². The summed E-state index contributed by atoms with van der Waals surface area (Å²) in [4.78, 5) is 26.1. The van der Waals surface area contributed by atoms with Crippen LogP contribution in [0.5, 0.6) is 0 Å². The maximum absolute atomic E-state index is 11.8. The van der Waals surface area contributed by atoms with Crippen LogP contribution in [-0.2, 0) is 11.3 Å². The Kier molecular flexibility index (Phi) is 5.24. The van der Waals surface area contributed by atoms with Crippen LogP contribution in [-0.4, -0.2) is 44.5 Å². The third-order valence-electron chi connectivity index (χ3n) is 3.21. The fraction of sp³-hybridized carbons (Fsp3) is 0.267. The monoisotopic (exact) mass is 344 g/mol. The molecule has 1 amide bonds. The van der Waals surface area contributed by atoms with Gasteiger partial charge in [-0.15, -0.1) is 11.3 Å². The summed E-state index contributed by atoms with van der Waals surface area (Å²) in [6.45, 7) is 1.05. The van der Waals surface area contributed by atoms with Crippen LogP contribution in [0, 0.1) is 0 Å². The Morgan fingerprint density at radius 2 is 2.17 bits per heavy atom. The molecule has 0 spiro atoms. The first-order valence-electron chi connectivity index (χ1n) is 7.31. The van der Waals surface area contributed by atoms with Crippen LogP contribution in [0.15, 0.2) is 40.6 Å². The van der Waals surface area contributed by atoms with Gasteiger partial charge in [-0.1, -0.05) is 5.16 Å². The van der Waals surface area contributed by atoms with Gasteiger partial charge in [0.2, 0.25) is 17.6 Å². The number of anilines is 1. The normalized spacial score (nSPS) is 10.9. The predicted octanol–water partition coefficient (Wildman–Crippen LogP) is 2.05. The highest BCUT2D eigenvalue weighted by atomic mass is 32.1. The maximum atomic E-state index is 11.8. The highest BCUT2D eigenvalue weighted by Gasteiger charge is 2.12. The van der Waals surface area contributed by atoms with Crippen molar-refractivity contribution in [1.82, 2.24) is 25.0 Å². The molecule has 8 nitrogen and oxygen atoms in total. The Bertz CT molecular complexity index is 774. The van der Waals surface area contributed by atoms with Gasteiger partial charge in [0, 0.05) is 42.5 Å². The lowest BCUT2D eigenvalue weighted by molar-refractivity contribution is -0.116. The highest BCUT2D eigenvalue weighted by molar-refractivity contribution is 7.13. The Balaban J connectivity index is 1.47.